The second-order valence-corrected chi connectivity index (χ2v) is 4.19. The maximum absolute atomic E-state index is 11.1. The lowest BCUT2D eigenvalue weighted by atomic mass is 10.2. The molecule has 15 heavy (non-hydrogen) atoms. The Morgan fingerprint density at radius 3 is 2.87 bits per heavy atom. The van der Waals surface area contributed by atoms with Crippen LogP contribution in [0.2, 0.25) is 0 Å². The maximum atomic E-state index is 11.1. The predicted octanol–water partition coefficient (Wildman–Crippen LogP) is 0.890. The molecule has 2 heterocycles. The fourth-order valence-corrected chi connectivity index (χ4v) is 2.04. The lowest BCUT2D eigenvalue weighted by Gasteiger charge is -2.09. The quantitative estimate of drug-likeness (QED) is 0.819. The number of hydrogen-bond donors (Lipinski definition) is 1. The topological polar surface area (TPSA) is 60.9 Å². The molecular weight excluding hydrogens is 210 g/mol. The summed E-state index contributed by atoms with van der Waals surface area (Å²) in [4.78, 5) is 12.2. The first-order chi connectivity index (χ1) is 7.18. The summed E-state index contributed by atoms with van der Waals surface area (Å²) in [6.07, 6.45) is 0. The summed E-state index contributed by atoms with van der Waals surface area (Å²) in [5, 5.41) is 6.08. The van der Waals surface area contributed by atoms with Crippen LogP contribution in [0.1, 0.15) is 16.6 Å². The van der Waals surface area contributed by atoms with E-state index in [9.17, 15) is 4.79 Å². The molecule has 0 spiro atoms. The highest BCUT2D eigenvalue weighted by molar-refractivity contribution is 7.10. The molecule has 0 saturated heterocycles. The summed E-state index contributed by atoms with van der Waals surface area (Å²) in [6, 6.07) is 6.81. The van der Waals surface area contributed by atoms with Gasteiger partial charge in [-0.1, -0.05) is 6.07 Å². The third kappa shape index (κ3) is 1.98. The summed E-state index contributed by atoms with van der Waals surface area (Å²) in [5.74, 6) is 0. The minimum absolute atomic E-state index is 0.128. The van der Waals surface area contributed by atoms with E-state index < -0.39 is 0 Å². The summed E-state index contributed by atoms with van der Waals surface area (Å²) in [6.45, 7) is 0. The van der Waals surface area contributed by atoms with Gasteiger partial charge in [-0.3, -0.25) is 4.79 Å². The molecule has 2 aromatic rings. The van der Waals surface area contributed by atoms with Gasteiger partial charge in [0, 0.05) is 18.0 Å². The average Bonchev–Trinajstić information content (AvgIpc) is 2.74. The van der Waals surface area contributed by atoms with Gasteiger partial charge >= 0.3 is 0 Å². The Morgan fingerprint density at radius 2 is 2.27 bits per heavy atom. The third-order valence-electron chi connectivity index (χ3n) is 2.15. The van der Waals surface area contributed by atoms with Crippen molar-refractivity contribution < 1.29 is 0 Å². The lowest BCUT2D eigenvalue weighted by Crippen LogP contribution is -2.22. The van der Waals surface area contributed by atoms with Crippen LogP contribution < -0.4 is 11.3 Å². The van der Waals surface area contributed by atoms with E-state index in [1.54, 1.807) is 24.5 Å². The SMILES string of the molecule is Cn1nc(C(N)c2cccs2)ccc1=O. The van der Waals surface area contributed by atoms with Gasteiger partial charge in [-0.25, -0.2) is 4.68 Å². The van der Waals surface area contributed by atoms with Crippen molar-refractivity contribution in [3.05, 3.63) is 50.6 Å². The van der Waals surface area contributed by atoms with Crippen molar-refractivity contribution >= 4 is 11.3 Å². The molecule has 0 aliphatic rings. The summed E-state index contributed by atoms with van der Waals surface area (Å²) in [7, 11) is 1.62. The number of hydrogen-bond acceptors (Lipinski definition) is 4. The fraction of sp³-hybridized carbons (Fsp3) is 0.200. The third-order valence-corrected chi connectivity index (χ3v) is 3.10. The van der Waals surface area contributed by atoms with Crippen LogP contribution in [0.15, 0.2) is 34.4 Å². The fourth-order valence-electron chi connectivity index (χ4n) is 1.30. The van der Waals surface area contributed by atoms with E-state index in [0.29, 0.717) is 5.69 Å². The zero-order valence-corrected chi connectivity index (χ0v) is 9.07. The molecule has 1 atom stereocenters. The molecule has 0 radical (unpaired) electrons. The van der Waals surface area contributed by atoms with Crippen LogP contribution in [0.25, 0.3) is 0 Å². The van der Waals surface area contributed by atoms with Crippen LogP contribution >= 0.6 is 11.3 Å². The lowest BCUT2D eigenvalue weighted by molar-refractivity contribution is 0.658. The number of rotatable bonds is 2. The van der Waals surface area contributed by atoms with Crippen molar-refractivity contribution in [3.63, 3.8) is 0 Å². The van der Waals surface area contributed by atoms with Gasteiger partial charge in [0.2, 0.25) is 0 Å². The molecule has 0 amide bonds. The Hall–Kier alpha value is -1.46. The van der Waals surface area contributed by atoms with E-state index in [1.165, 1.54) is 10.7 Å². The standard InChI is InChI=1S/C10H11N3OS/c1-13-9(14)5-4-7(12-13)10(11)8-3-2-6-15-8/h2-6,10H,11H2,1H3. The Morgan fingerprint density at radius 1 is 1.47 bits per heavy atom. The number of nitrogens with two attached hydrogens (primary N) is 1. The van der Waals surface area contributed by atoms with Crippen molar-refractivity contribution in [2.24, 2.45) is 12.8 Å². The molecule has 0 bridgehead atoms. The van der Waals surface area contributed by atoms with Gasteiger partial charge in [0.15, 0.2) is 0 Å². The van der Waals surface area contributed by atoms with Crippen LogP contribution in [0.3, 0.4) is 0 Å². The Bertz CT molecular complexity index is 504. The highest BCUT2D eigenvalue weighted by Crippen LogP contribution is 2.21. The van der Waals surface area contributed by atoms with Crippen molar-refractivity contribution in [3.8, 4) is 0 Å². The molecule has 2 aromatic heterocycles. The first-order valence-electron chi connectivity index (χ1n) is 4.52. The van der Waals surface area contributed by atoms with Crippen LogP contribution in [-0.2, 0) is 7.05 Å². The Balaban J connectivity index is 2.38. The van der Waals surface area contributed by atoms with Gasteiger partial charge in [-0.2, -0.15) is 5.10 Å². The number of nitrogens with zero attached hydrogens (tertiary/aromatic N) is 2. The smallest absolute Gasteiger partial charge is 0.266 e. The normalized spacial score (nSPS) is 12.7. The highest BCUT2D eigenvalue weighted by atomic mass is 32.1. The summed E-state index contributed by atoms with van der Waals surface area (Å²) in [5.41, 5.74) is 6.59. The Kier molecular flexibility index (Phi) is 2.66. The Labute approximate surface area is 91.0 Å². The highest BCUT2D eigenvalue weighted by Gasteiger charge is 2.11. The second kappa shape index (κ2) is 3.96. The molecule has 2 rings (SSSR count). The monoisotopic (exact) mass is 221 g/mol. The van der Waals surface area contributed by atoms with Crippen LogP contribution in [0.4, 0.5) is 0 Å². The van der Waals surface area contributed by atoms with Crippen molar-refractivity contribution in [2.45, 2.75) is 6.04 Å². The summed E-state index contributed by atoms with van der Waals surface area (Å²) >= 11 is 1.58. The van der Waals surface area contributed by atoms with Crippen molar-refractivity contribution in [1.29, 1.82) is 0 Å². The molecule has 0 aromatic carbocycles. The van der Waals surface area contributed by atoms with E-state index in [4.69, 9.17) is 5.73 Å². The second-order valence-electron chi connectivity index (χ2n) is 3.21. The molecule has 0 fully saturated rings. The minimum atomic E-state index is -0.253. The minimum Gasteiger partial charge on any atom is -0.318 e. The van der Waals surface area contributed by atoms with Gasteiger partial charge in [-0.15, -0.1) is 11.3 Å². The molecule has 0 aliphatic heterocycles. The average molecular weight is 221 g/mol. The number of aromatic nitrogens is 2. The van der Waals surface area contributed by atoms with Crippen molar-refractivity contribution in [2.75, 3.05) is 0 Å². The first kappa shape index (κ1) is 10.1. The predicted molar refractivity (Wildman–Crippen MR) is 59.8 cm³/mol. The zero-order chi connectivity index (χ0) is 10.8. The van der Waals surface area contributed by atoms with Crippen LogP contribution in [0.5, 0.6) is 0 Å². The van der Waals surface area contributed by atoms with Crippen molar-refractivity contribution in [1.82, 2.24) is 9.78 Å². The molecule has 78 valence electrons. The van der Waals surface area contributed by atoms with E-state index in [1.807, 2.05) is 17.5 Å². The van der Waals surface area contributed by atoms with Gasteiger partial charge in [0.25, 0.3) is 5.56 Å². The maximum Gasteiger partial charge on any atom is 0.266 e. The van der Waals surface area contributed by atoms with E-state index >= 15 is 0 Å². The number of thiophene rings is 1. The first-order valence-corrected chi connectivity index (χ1v) is 5.39. The van der Waals surface area contributed by atoms with E-state index in [2.05, 4.69) is 5.10 Å². The van der Waals surface area contributed by atoms with E-state index in [0.717, 1.165) is 4.88 Å². The van der Waals surface area contributed by atoms with Crippen LogP contribution in [-0.4, -0.2) is 9.78 Å². The van der Waals surface area contributed by atoms with Crippen LogP contribution in [0, 0.1) is 0 Å². The molecule has 1 unspecified atom stereocenters. The van der Waals surface area contributed by atoms with Gasteiger partial charge in [-0.05, 0) is 17.5 Å². The molecule has 0 saturated carbocycles. The van der Waals surface area contributed by atoms with Gasteiger partial charge in [0.05, 0.1) is 11.7 Å². The van der Waals surface area contributed by atoms with Gasteiger partial charge in [0.1, 0.15) is 0 Å². The number of aryl methyl sites for hydroxylation is 1. The summed E-state index contributed by atoms with van der Waals surface area (Å²) < 4.78 is 1.29. The van der Waals surface area contributed by atoms with Gasteiger partial charge < -0.3 is 5.73 Å². The molecule has 2 N–H and O–H groups in total. The molecule has 0 aliphatic carbocycles. The zero-order valence-electron chi connectivity index (χ0n) is 8.25. The molecule has 4 nitrogen and oxygen atoms in total. The largest absolute Gasteiger partial charge is 0.318 e. The van der Waals surface area contributed by atoms with E-state index in [-0.39, 0.29) is 11.6 Å². The molecular formula is C10H11N3OS. The molecule has 5 heteroatoms.